The summed E-state index contributed by atoms with van der Waals surface area (Å²) >= 11 is 0. The molecule has 1 atom stereocenters. The Hall–Kier alpha value is -2.55. The summed E-state index contributed by atoms with van der Waals surface area (Å²) in [6, 6.07) is 15.0. The van der Waals surface area contributed by atoms with Crippen LogP contribution in [-0.2, 0) is 6.54 Å². The number of ether oxygens (including phenoxy) is 2. The first-order valence-corrected chi connectivity index (χ1v) is 8.22. The first-order chi connectivity index (χ1) is 12.1. The quantitative estimate of drug-likeness (QED) is 0.800. The van der Waals surface area contributed by atoms with Gasteiger partial charge in [0, 0.05) is 13.1 Å². The lowest BCUT2D eigenvalue weighted by atomic mass is 10.1. The van der Waals surface area contributed by atoms with Gasteiger partial charge in [0.2, 0.25) is 0 Å². The Kier molecular flexibility index (Phi) is 6.81. The molecule has 5 heteroatoms. The molecule has 0 bridgehead atoms. The van der Waals surface area contributed by atoms with Crippen LogP contribution in [0.4, 0.5) is 0 Å². The van der Waals surface area contributed by atoms with Crippen LogP contribution in [-0.4, -0.2) is 37.3 Å². The van der Waals surface area contributed by atoms with Gasteiger partial charge in [-0.1, -0.05) is 25.1 Å². The lowest BCUT2D eigenvalue weighted by Crippen LogP contribution is -2.28. The minimum atomic E-state index is -0.604. The molecule has 1 unspecified atom stereocenters. The van der Waals surface area contributed by atoms with Gasteiger partial charge < -0.3 is 14.6 Å². The van der Waals surface area contributed by atoms with Gasteiger partial charge in [0.15, 0.2) is 11.5 Å². The maximum atomic E-state index is 10.5. The van der Waals surface area contributed by atoms with Gasteiger partial charge in [0.05, 0.1) is 32.0 Å². The highest BCUT2D eigenvalue weighted by atomic mass is 16.5. The van der Waals surface area contributed by atoms with E-state index in [1.165, 1.54) is 0 Å². The average molecular weight is 340 g/mol. The Bertz CT molecular complexity index is 723. The molecule has 0 aromatic heterocycles. The van der Waals surface area contributed by atoms with Crippen molar-refractivity contribution >= 4 is 0 Å². The summed E-state index contributed by atoms with van der Waals surface area (Å²) < 4.78 is 10.6. The van der Waals surface area contributed by atoms with E-state index in [0.717, 1.165) is 17.7 Å². The Labute approximate surface area is 149 Å². The number of hydrogen-bond acceptors (Lipinski definition) is 5. The third-order valence-electron chi connectivity index (χ3n) is 4.16. The molecule has 5 nitrogen and oxygen atoms in total. The van der Waals surface area contributed by atoms with Gasteiger partial charge >= 0.3 is 0 Å². The number of benzene rings is 2. The zero-order valence-corrected chi connectivity index (χ0v) is 14.9. The summed E-state index contributed by atoms with van der Waals surface area (Å²) in [5.74, 6) is 1.40. The second-order valence-electron chi connectivity index (χ2n) is 5.77. The summed E-state index contributed by atoms with van der Waals surface area (Å²) in [6.07, 6.45) is -0.604. The number of rotatable bonds is 8. The van der Waals surface area contributed by atoms with Gasteiger partial charge in [-0.2, -0.15) is 5.26 Å². The highest BCUT2D eigenvalue weighted by molar-refractivity contribution is 5.42. The fraction of sp³-hybridized carbons (Fsp3) is 0.350. The zero-order valence-electron chi connectivity index (χ0n) is 14.9. The fourth-order valence-corrected chi connectivity index (χ4v) is 2.67. The molecule has 0 aliphatic carbocycles. The van der Waals surface area contributed by atoms with E-state index in [-0.39, 0.29) is 0 Å². The Balaban J connectivity index is 2.05. The molecule has 132 valence electrons. The Morgan fingerprint density at radius 3 is 2.32 bits per heavy atom. The third-order valence-corrected chi connectivity index (χ3v) is 4.16. The van der Waals surface area contributed by atoms with Crippen LogP contribution in [0, 0.1) is 11.3 Å². The molecule has 1 N–H and O–H groups in total. The molecule has 2 aromatic carbocycles. The largest absolute Gasteiger partial charge is 0.493 e. The van der Waals surface area contributed by atoms with Crippen LogP contribution in [0.1, 0.15) is 29.7 Å². The van der Waals surface area contributed by atoms with Crippen molar-refractivity contribution in [1.29, 1.82) is 5.26 Å². The SMILES string of the molecule is CCN(Cc1ccc(OC)c(OC)c1)CC(O)c1ccc(C#N)cc1. The van der Waals surface area contributed by atoms with E-state index in [2.05, 4.69) is 17.9 Å². The molecule has 0 heterocycles. The van der Waals surface area contributed by atoms with E-state index in [4.69, 9.17) is 14.7 Å². The highest BCUT2D eigenvalue weighted by Crippen LogP contribution is 2.28. The number of nitriles is 1. The normalized spacial score (nSPS) is 11.8. The maximum absolute atomic E-state index is 10.5. The molecule has 0 saturated heterocycles. The van der Waals surface area contributed by atoms with Crippen molar-refractivity contribution in [3.8, 4) is 17.6 Å². The smallest absolute Gasteiger partial charge is 0.161 e. The lowest BCUT2D eigenvalue weighted by Gasteiger charge is -2.24. The van der Waals surface area contributed by atoms with Crippen LogP contribution >= 0.6 is 0 Å². The molecule has 0 saturated carbocycles. The van der Waals surface area contributed by atoms with Gasteiger partial charge in [-0.15, -0.1) is 0 Å². The maximum Gasteiger partial charge on any atom is 0.161 e. The van der Waals surface area contributed by atoms with Gasteiger partial charge in [0.1, 0.15) is 0 Å². The van der Waals surface area contributed by atoms with Crippen molar-refractivity contribution in [1.82, 2.24) is 4.90 Å². The van der Waals surface area contributed by atoms with Gasteiger partial charge in [-0.05, 0) is 41.9 Å². The van der Waals surface area contributed by atoms with Crippen molar-refractivity contribution in [2.75, 3.05) is 27.3 Å². The monoisotopic (exact) mass is 340 g/mol. The Morgan fingerprint density at radius 2 is 1.76 bits per heavy atom. The molecule has 0 spiro atoms. The molecule has 2 aromatic rings. The second kappa shape index (κ2) is 9.07. The van der Waals surface area contributed by atoms with Crippen molar-refractivity contribution in [2.45, 2.75) is 19.6 Å². The molecule has 2 rings (SSSR count). The lowest BCUT2D eigenvalue weighted by molar-refractivity contribution is 0.112. The molecule has 0 radical (unpaired) electrons. The molecular formula is C20H24N2O3. The van der Waals surface area contributed by atoms with E-state index < -0.39 is 6.10 Å². The summed E-state index contributed by atoms with van der Waals surface area (Å²) in [5.41, 5.74) is 2.49. The first kappa shape index (κ1) is 18.8. The number of aliphatic hydroxyl groups is 1. The summed E-state index contributed by atoms with van der Waals surface area (Å²) in [5, 5.41) is 19.3. The first-order valence-electron chi connectivity index (χ1n) is 8.22. The van der Waals surface area contributed by atoms with E-state index in [9.17, 15) is 5.11 Å². The van der Waals surface area contributed by atoms with E-state index in [1.807, 2.05) is 18.2 Å². The van der Waals surface area contributed by atoms with Crippen molar-refractivity contribution in [2.24, 2.45) is 0 Å². The molecule has 0 aliphatic rings. The predicted octanol–water partition coefficient (Wildman–Crippen LogP) is 3.13. The highest BCUT2D eigenvalue weighted by Gasteiger charge is 2.14. The minimum absolute atomic E-state index is 0.511. The van der Waals surface area contributed by atoms with Crippen LogP contribution in [0.2, 0.25) is 0 Å². The molecule has 25 heavy (non-hydrogen) atoms. The zero-order chi connectivity index (χ0) is 18.2. The van der Waals surface area contributed by atoms with Crippen molar-refractivity contribution in [3.63, 3.8) is 0 Å². The van der Waals surface area contributed by atoms with E-state index >= 15 is 0 Å². The van der Waals surface area contributed by atoms with Gasteiger partial charge in [-0.25, -0.2) is 0 Å². The third kappa shape index (κ3) is 4.96. The van der Waals surface area contributed by atoms with Gasteiger partial charge in [-0.3, -0.25) is 4.90 Å². The van der Waals surface area contributed by atoms with Crippen molar-refractivity contribution < 1.29 is 14.6 Å². The van der Waals surface area contributed by atoms with Crippen LogP contribution in [0.5, 0.6) is 11.5 Å². The Morgan fingerprint density at radius 1 is 1.08 bits per heavy atom. The van der Waals surface area contributed by atoms with Crippen LogP contribution in [0.25, 0.3) is 0 Å². The van der Waals surface area contributed by atoms with E-state index in [0.29, 0.717) is 30.2 Å². The number of likely N-dealkylation sites (N-methyl/N-ethyl adjacent to an activating group) is 1. The number of nitrogens with zero attached hydrogens (tertiary/aromatic N) is 2. The summed E-state index contributed by atoms with van der Waals surface area (Å²) in [6.45, 7) is 4.08. The van der Waals surface area contributed by atoms with E-state index in [1.54, 1.807) is 38.5 Å². The van der Waals surface area contributed by atoms with Crippen LogP contribution in [0.15, 0.2) is 42.5 Å². The second-order valence-corrected chi connectivity index (χ2v) is 5.77. The number of methoxy groups -OCH3 is 2. The number of hydrogen-bond donors (Lipinski definition) is 1. The fourth-order valence-electron chi connectivity index (χ4n) is 2.67. The minimum Gasteiger partial charge on any atom is -0.493 e. The van der Waals surface area contributed by atoms with Crippen molar-refractivity contribution in [3.05, 3.63) is 59.2 Å². The topological polar surface area (TPSA) is 65.7 Å². The van der Waals surface area contributed by atoms with Crippen LogP contribution < -0.4 is 9.47 Å². The van der Waals surface area contributed by atoms with Gasteiger partial charge in [0.25, 0.3) is 0 Å². The van der Waals surface area contributed by atoms with Crippen LogP contribution in [0.3, 0.4) is 0 Å². The average Bonchev–Trinajstić information content (AvgIpc) is 2.67. The standard InChI is InChI=1S/C20H24N2O3/c1-4-22(13-16-7-10-19(24-2)20(11-16)25-3)14-18(23)17-8-5-15(12-21)6-9-17/h5-11,18,23H,4,13-14H2,1-3H3. The summed E-state index contributed by atoms with van der Waals surface area (Å²) in [4.78, 5) is 2.16. The molecule has 0 aliphatic heterocycles. The molecule has 0 amide bonds. The molecule has 0 fully saturated rings. The predicted molar refractivity (Wildman–Crippen MR) is 96.6 cm³/mol. The summed E-state index contributed by atoms with van der Waals surface area (Å²) in [7, 11) is 3.23. The number of aliphatic hydroxyl groups excluding tert-OH is 1. The molecular weight excluding hydrogens is 316 g/mol.